The molecular formula is C15H20N2OS. The predicted molar refractivity (Wildman–Crippen MR) is 79.4 cm³/mol. The van der Waals surface area contributed by atoms with Crippen LogP contribution in [0.3, 0.4) is 0 Å². The lowest BCUT2D eigenvalue weighted by atomic mass is 10.0. The lowest BCUT2D eigenvalue weighted by Crippen LogP contribution is -1.99. The van der Waals surface area contributed by atoms with E-state index in [9.17, 15) is 0 Å². The Balaban J connectivity index is 2.20. The van der Waals surface area contributed by atoms with Crippen molar-refractivity contribution in [3.05, 3.63) is 50.5 Å². The molecule has 0 fully saturated rings. The van der Waals surface area contributed by atoms with E-state index in [4.69, 9.17) is 10.5 Å². The van der Waals surface area contributed by atoms with E-state index in [0.29, 0.717) is 13.2 Å². The van der Waals surface area contributed by atoms with Crippen molar-refractivity contribution in [2.45, 2.75) is 33.4 Å². The van der Waals surface area contributed by atoms with Crippen LogP contribution in [0.5, 0.6) is 0 Å². The first kappa shape index (κ1) is 14.2. The van der Waals surface area contributed by atoms with Crippen molar-refractivity contribution < 1.29 is 4.74 Å². The normalized spacial score (nSPS) is 10.9. The summed E-state index contributed by atoms with van der Waals surface area (Å²) in [5.41, 5.74) is 10.7. The number of ether oxygens (including phenoxy) is 1. The molecule has 0 saturated carbocycles. The fourth-order valence-corrected chi connectivity index (χ4v) is 2.99. The molecule has 0 aliphatic rings. The second-order valence-electron chi connectivity index (χ2n) is 4.71. The number of aromatic nitrogens is 1. The fourth-order valence-electron chi connectivity index (χ4n) is 2.01. The van der Waals surface area contributed by atoms with Crippen molar-refractivity contribution in [3.63, 3.8) is 0 Å². The largest absolute Gasteiger partial charge is 0.378 e. The molecule has 1 aromatic carbocycles. The van der Waals surface area contributed by atoms with E-state index in [-0.39, 0.29) is 0 Å². The maximum Gasteiger partial charge on any atom is 0.0976 e. The number of benzene rings is 1. The third-order valence-corrected chi connectivity index (χ3v) is 4.34. The lowest BCUT2D eigenvalue weighted by Gasteiger charge is -2.03. The SMILES string of the molecule is COCc1nc(Cc2ccc(C)c(C)c2)sc1CN. The van der Waals surface area contributed by atoms with Gasteiger partial charge in [-0.3, -0.25) is 0 Å². The molecule has 2 aromatic rings. The van der Waals surface area contributed by atoms with Crippen LogP contribution in [0.25, 0.3) is 0 Å². The quantitative estimate of drug-likeness (QED) is 0.913. The number of nitrogens with two attached hydrogens (primary N) is 1. The Bertz CT molecular complexity index is 563. The summed E-state index contributed by atoms with van der Waals surface area (Å²) in [6.45, 7) is 5.34. The Labute approximate surface area is 118 Å². The predicted octanol–water partition coefficient (Wildman–Crippen LogP) is 2.96. The highest BCUT2D eigenvalue weighted by atomic mass is 32.1. The van der Waals surface area contributed by atoms with Crippen LogP contribution in [0.2, 0.25) is 0 Å². The van der Waals surface area contributed by atoms with E-state index in [1.807, 2.05) is 0 Å². The van der Waals surface area contributed by atoms with Crippen LogP contribution in [0.4, 0.5) is 0 Å². The standard InChI is InChI=1S/C15H20N2OS/c1-10-4-5-12(6-11(10)2)7-15-17-13(9-18-3)14(8-16)19-15/h4-6H,7-9,16H2,1-3H3. The molecule has 2 rings (SSSR count). The summed E-state index contributed by atoms with van der Waals surface area (Å²) >= 11 is 1.69. The van der Waals surface area contributed by atoms with E-state index >= 15 is 0 Å². The van der Waals surface area contributed by atoms with Crippen molar-refractivity contribution in [1.82, 2.24) is 4.98 Å². The second-order valence-corrected chi connectivity index (χ2v) is 5.88. The van der Waals surface area contributed by atoms with E-state index in [0.717, 1.165) is 22.0 Å². The van der Waals surface area contributed by atoms with Gasteiger partial charge in [-0.05, 0) is 30.5 Å². The van der Waals surface area contributed by atoms with Crippen molar-refractivity contribution in [3.8, 4) is 0 Å². The number of hydrogen-bond acceptors (Lipinski definition) is 4. The van der Waals surface area contributed by atoms with Gasteiger partial charge in [-0.25, -0.2) is 4.98 Å². The summed E-state index contributed by atoms with van der Waals surface area (Å²) in [5.74, 6) is 0. The molecule has 102 valence electrons. The average Bonchev–Trinajstić information content (AvgIpc) is 2.76. The third-order valence-electron chi connectivity index (χ3n) is 3.22. The third kappa shape index (κ3) is 3.41. The molecule has 0 saturated heterocycles. The van der Waals surface area contributed by atoms with Gasteiger partial charge in [0.15, 0.2) is 0 Å². The molecule has 2 N–H and O–H groups in total. The monoisotopic (exact) mass is 276 g/mol. The van der Waals surface area contributed by atoms with Crippen LogP contribution >= 0.6 is 11.3 Å². The molecule has 0 amide bonds. The summed E-state index contributed by atoms with van der Waals surface area (Å²) in [6.07, 6.45) is 0.864. The highest BCUT2D eigenvalue weighted by Crippen LogP contribution is 2.22. The van der Waals surface area contributed by atoms with Gasteiger partial charge in [0.1, 0.15) is 0 Å². The van der Waals surface area contributed by atoms with Gasteiger partial charge in [0, 0.05) is 25.0 Å². The Morgan fingerprint density at radius 1 is 1.26 bits per heavy atom. The van der Waals surface area contributed by atoms with Gasteiger partial charge in [0.05, 0.1) is 17.3 Å². The molecule has 0 spiro atoms. The van der Waals surface area contributed by atoms with E-state index in [1.54, 1.807) is 18.4 Å². The number of hydrogen-bond donors (Lipinski definition) is 1. The van der Waals surface area contributed by atoms with Crippen LogP contribution in [0.1, 0.15) is 32.3 Å². The van der Waals surface area contributed by atoms with Crippen molar-refractivity contribution in [2.24, 2.45) is 5.73 Å². The molecule has 0 atom stereocenters. The number of rotatable bonds is 5. The van der Waals surface area contributed by atoms with Crippen molar-refractivity contribution in [1.29, 1.82) is 0 Å². The summed E-state index contributed by atoms with van der Waals surface area (Å²) in [7, 11) is 1.68. The lowest BCUT2D eigenvalue weighted by molar-refractivity contribution is 0.181. The molecule has 1 heterocycles. The molecule has 1 aromatic heterocycles. The molecule has 0 unspecified atom stereocenters. The minimum Gasteiger partial charge on any atom is -0.378 e. The molecule has 3 nitrogen and oxygen atoms in total. The zero-order chi connectivity index (χ0) is 13.8. The average molecular weight is 276 g/mol. The first-order valence-electron chi connectivity index (χ1n) is 6.36. The minimum absolute atomic E-state index is 0.531. The summed E-state index contributed by atoms with van der Waals surface area (Å²) in [6, 6.07) is 6.56. The number of aryl methyl sites for hydroxylation is 2. The van der Waals surface area contributed by atoms with Gasteiger partial charge < -0.3 is 10.5 Å². The minimum atomic E-state index is 0.531. The highest BCUT2D eigenvalue weighted by Gasteiger charge is 2.10. The van der Waals surface area contributed by atoms with Gasteiger partial charge in [-0.1, -0.05) is 18.2 Å². The molecule has 0 bridgehead atoms. The van der Waals surface area contributed by atoms with E-state index in [1.165, 1.54) is 16.7 Å². The Morgan fingerprint density at radius 2 is 2.05 bits per heavy atom. The highest BCUT2D eigenvalue weighted by molar-refractivity contribution is 7.11. The summed E-state index contributed by atoms with van der Waals surface area (Å²) in [5, 5.41) is 1.11. The van der Waals surface area contributed by atoms with Gasteiger partial charge in [0.25, 0.3) is 0 Å². The van der Waals surface area contributed by atoms with Crippen LogP contribution in [0.15, 0.2) is 18.2 Å². The van der Waals surface area contributed by atoms with Crippen LogP contribution < -0.4 is 5.73 Å². The zero-order valence-electron chi connectivity index (χ0n) is 11.7. The van der Waals surface area contributed by atoms with Gasteiger partial charge >= 0.3 is 0 Å². The van der Waals surface area contributed by atoms with E-state index < -0.39 is 0 Å². The van der Waals surface area contributed by atoms with Gasteiger partial charge in [0.2, 0.25) is 0 Å². The first-order chi connectivity index (χ1) is 9.13. The Hall–Kier alpha value is -1.23. The first-order valence-corrected chi connectivity index (χ1v) is 7.18. The van der Waals surface area contributed by atoms with Crippen molar-refractivity contribution in [2.75, 3.05) is 7.11 Å². The van der Waals surface area contributed by atoms with Crippen LogP contribution in [0, 0.1) is 13.8 Å². The number of thiazole rings is 1. The van der Waals surface area contributed by atoms with E-state index in [2.05, 4.69) is 37.0 Å². The molecule has 4 heteroatoms. The fraction of sp³-hybridized carbons (Fsp3) is 0.400. The maximum absolute atomic E-state index is 5.75. The molecule has 0 aliphatic heterocycles. The topological polar surface area (TPSA) is 48.1 Å². The number of nitrogens with zero attached hydrogens (tertiary/aromatic N) is 1. The Kier molecular flexibility index (Phi) is 4.69. The smallest absolute Gasteiger partial charge is 0.0976 e. The van der Waals surface area contributed by atoms with Crippen LogP contribution in [-0.2, 0) is 24.3 Å². The molecule has 0 aliphatic carbocycles. The maximum atomic E-state index is 5.75. The van der Waals surface area contributed by atoms with Gasteiger partial charge in [-0.15, -0.1) is 11.3 Å². The van der Waals surface area contributed by atoms with Gasteiger partial charge in [-0.2, -0.15) is 0 Å². The Morgan fingerprint density at radius 3 is 2.68 bits per heavy atom. The summed E-state index contributed by atoms with van der Waals surface area (Å²) in [4.78, 5) is 5.76. The summed E-state index contributed by atoms with van der Waals surface area (Å²) < 4.78 is 5.16. The van der Waals surface area contributed by atoms with Crippen molar-refractivity contribution >= 4 is 11.3 Å². The zero-order valence-corrected chi connectivity index (χ0v) is 12.5. The molecule has 0 radical (unpaired) electrons. The molecular weight excluding hydrogens is 256 g/mol. The second kappa shape index (κ2) is 6.28. The van der Waals surface area contributed by atoms with Crippen LogP contribution in [-0.4, -0.2) is 12.1 Å². The molecule has 19 heavy (non-hydrogen) atoms. The number of methoxy groups -OCH3 is 1.